The predicted octanol–water partition coefficient (Wildman–Crippen LogP) is 3.17. The maximum absolute atomic E-state index is 7.72. The fraction of sp³-hybridized carbons (Fsp3) is 0.769. The van der Waals surface area contributed by atoms with Gasteiger partial charge in [-0.15, -0.1) is 0 Å². The molecule has 0 spiro atoms. The van der Waals surface area contributed by atoms with Crippen LogP contribution in [0.2, 0.25) is 0 Å². The normalized spacial score (nSPS) is 23.2. The fourth-order valence-corrected chi connectivity index (χ4v) is 1.94. The summed E-state index contributed by atoms with van der Waals surface area (Å²) in [7, 11) is 3.70. The van der Waals surface area contributed by atoms with Gasteiger partial charge in [0.15, 0.2) is 0 Å². The summed E-state index contributed by atoms with van der Waals surface area (Å²) in [6, 6.07) is 0.272. The van der Waals surface area contributed by atoms with Crippen LogP contribution in [0.4, 0.5) is 0 Å². The number of rotatable bonds is 3. The van der Waals surface area contributed by atoms with Crippen LogP contribution in [-0.2, 0) is 4.74 Å². The van der Waals surface area contributed by atoms with Crippen molar-refractivity contribution >= 4 is 6.02 Å². The summed E-state index contributed by atoms with van der Waals surface area (Å²) in [6.45, 7) is 2.19. The lowest BCUT2D eigenvalue weighted by atomic mass is 9.91. The highest BCUT2D eigenvalue weighted by Gasteiger charge is 2.21. The van der Waals surface area contributed by atoms with E-state index < -0.39 is 0 Å². The Morgan fingerprint density at radius 2 is 2.25 bits per heavy atom. The van der Waals surface area contributed by atoms with Crippen LogP contribution in [0.5, 0.6) is 0 Å². The monoisotopic (exact) mass is 224 g/mol. The summed E-state index contributed by atoms with van der Waals surface area (Å²) < 4.78 is 5.70. The quantitative estimate of drug-likeness (QED) is 0.454. The molecule has 1 saturated carbocycles. The van der Waals surface area contributed by atoms with E-state index in [4.69, 9.17) is 10.1 Å². The number of nitrogens with zero attached hydrogens (tertiary/aromatic N) is 1. The first-order valence-corrected chi connectivity index (χ1v) is 6.26. The first-order valence-electron chi connectivity index (χ1n) is 6.26. The van der Waals surface area contributed by atoms with Gasteiger partial charge in [-0.05, 0) is 37.7 Å². The molecule has 0 bridgehead atoms. The van der Waals surface area contributed by atoms with Crippen molar-refractivity contribution in [1.29, 1.82) is 5.41 Å². The van der Waals surface area contributed by atoms with Crippen molar-refractivity contribution in [2.75, 3.05) is 14.1 Å². The molecular formula is C13H24N2O. The molecule has 1 N–H and O–H groups in total. The van der Waals surface area contributed by atoms with E-state index in [-0.39, 0.29) is 12.1 Å². The highest BCUT2D eigenvalue weighted by molar-refractivity contribution is 5.70. The Hall–Kier alpha value is -0.990. The van der Waals surface area contributed by atoms with Gasteiger partial charge in [-0.1, -0.05) is 19.4 Å². The summed E-state index contributed by atoms with van der Waals surface area (Å²) in [6.07, 6.45) is 9.46. The lowest BCUT2D eigenvalue weighted by molar-refractivity contribution is 0.161. The second kappa shape index (κ2) is 6.56. The minimum atomic E-state index is 0.148. The Morgan fingerprint density at radius 3 is 2.88 bits per heavy atom. The molecule has 3 heteroatoms. The van der Waals surface area contributed by atoms with E-state index in [1.807, 2.05) is 14.1 Å². The highest BCUT2D eigenvalue weighted by Crippen LogP contribution is 2.27. The van der Waals surface area contributed by atoms with Crippen LogP contribution in [0.1, 0.15) is 45.4 Å². The van der Waals surface area contributed by atoms with Crippen LogP contribution in [-0.4, -0.2) is 31.1 Å². The van der Waals surface area contributed by atoms with Crippen LogP contribution in [0.15, 0.2) is 11.6 Å². The average molecular weight is 224 g/mol. The lowest BCUT2D eigenvalue weighted by Gasteiger charge is -2.28. The number of hydrogen-bond donors (Lipinski definition) is 1. The molecule has 3 nitrogen and oxygen atoms in total. The van der Waals surface area contributed by atoms with Gasteiger partial charge in [-0.2, -0.15) is 0 Å². The Labute approximate surface area is 99.0 Å². The largest absolute Gasteiger partial charge is 0.457 e. The van der Waals surface area contributed by atoms with Gasteiger partial charge in [0.05, 0.1) is 0 Å². The number of hydrogen-bond acceptors (Lipinski definition) is 2. The third-order valence-corrected chi connectivity index (χ3v) is 2.95. The molecule has 0 aromatic carbocycles. The summed E-state index contributed by atoms with van der Waals surface area (Å²) in [4.78, 5) is 1.71. The SMILES string of the molecule is CCC/C=C1\CCCCC1OC(=N)N(C)C. The minimum Gasteiger partial charge on any atom is -0.457 e. The first-order chi connectivity index (χ1) is 7.65. The van der Waals surface area contributed by atoms with Gasteiger partial charge < -0.3 is 9.64 Å². The molecule has 0 aliphatic heterocycles. The van der Waals surface area contributed by atoms with Gasteiger partial charge in [-0.3, -0.25) is 5.41 Å². The molecule has 0 aromatic heterocycles. The van der Waals surface area contributed by atoms with Crippen molar-refractivity contribution < 1.29 is 4.74 Å². The van der Waals surface area contributed by atoms with E-state index >= 15 is 0 Å². The van der Waals surface area contributed by atoms with Gasteiger partial charge in [0.2, 0.25) is 0 Å². The molecule has 0 heterocycles. The second-order valence-corrected chi connectivity index (χ2v) is 4.62. The Morgan fingerprint density at radius 1 is 1.50 bits per heavy atom. The van der Waals surface area contributed by atoms with Gasteiger partial charge in [0.1, 0.15) is 6.10 Å². The third kappa shape index (κ3) is 3.87. The summed E-state index contributed by atoms with van der Waals surface area (Å²) >= 11 is 0. The van der Waals surface area contributed by atoms with E-state index in [9.17, 15) is 0 Å². The molecule has 0 saturated heterocycles. The third-order valence-electron chi connectivity index (χ3n) is 2.95. The van der Waals surface area contributed by atoms with Gasteiger partial charge in [0.25, 0.3) is 6.02 Å². The molecular weight excluding hydrogens is 200 g/mol. The number of nitrogens with one attached hydrogen (secondary N) is 1. The molecule has 1 rings (SSSR count). The summed E-state index contributed by atoms with van der Waals surface area (Å²) in [5.74, 6) is 0. The van der Waals surface area contributed by atoms with E-state index in [0.29, 0.717) is 0 Å². The first kappa shape index (κ1) is 13.1. The van der Waals surface area contributed by atoms with Crippen LogP contribution in [0.25, 0.3) is 0 Å². The van der Waals surface area contributed by atoms with E-state index in [0.717, 1.165) is 19.3 Å². The van der Waals surface area contributed by atoms with E-state index in [1.165, 1.54) is 24.8 Å². The molecule has 1 unspecified atom stereocenters. The van der Waals surface area contributed by atoms with Crippen molar-refractivity contribution in [3.63, 3.8) is 0 Å². The Bertz CT molecular complexity index is 259. The Balaban J connectivity index is 2.56. The lowest BCUT2D eigenvalue weighted by Crippen LogP contribution is -2.31. The smallest absolute Gasteiger partial charge is 0.284 e. The van der Waals surface area contributed by atoms with Crippen molar-refractivity contribution in [2.24, 2.45) is 0 Å². The summed E-state index contributed by atoms with van der Waals surface area (Å²) in [5, 5.41) is 7.72. The van der Waals surface area contributed by atoms with Gasteiger partial charge in [-0.25, -0.2) is 0 Å². The maximum Gasteiger partial charge on any atom is 0.284 e. The Kier molecular flexibility index (Phi) is 5.36. The molecule has 1 atom stereocenters. The van der Waals surface area contributed by atoms with Crippen molar-refractivity contribution in [3.8, 4) is 0 Å². The van der Waals surface area contributed by atoms with Crippen LogP contribution >= 0.6 is 0 Å². The molecule has 16 heavy (non-hydrogen) atoms. The molecule has 1 aliphatic carbocycles. The molecule has 0 radical (unpaired) electrons. The maximum atomic E-state index is 7.72. The van der Waals surface area contributed by atoms with Crippen molar-refractivity contribution in [3.05, 3.63) is 11.6 Å². The zero-order chi connectivity index (χ0) is 12.0. The topological polar surface area (TPSA) is 36.3 Å². The fourth-order valence-electron chi connectivity index (χ4n) is 1.94. The van der Waals surface area contributed by atoms with Gasteiger partial charge in [0, 0.05) is 14.1 Å². The standard InChI is InChI=1S/C13H24N2O/c1-4-5-8-11-9-6-7-10-12(11)16-13(14)15(2)3/h8,12,14H,4-7,9-10H2,1-3H3/b11-8+,14-13?. The number of allylic oxidation sites excluding steroid dienone is 1. The predicted molar refractivity (Wildman–Crippen MR) is 67.7 cm³/mol. The molecule has 0 amide bonds. The average Bonchev–Trinajstić information content (AvgIpc) is 2.27. The molecule has 0 aromatic rings. The zero-order valence-corrected chi connectivity index (χ0v) is 10.8. The molecule has 1 aliphatic rings. The van der Waals surface area contributed by atoms with Crippen LogP contribution in [0, 0.1) is 5.41 Å². The van der Waals surface area contributed by atoms with Gasteiger partial charge >= 0.3 is 0 Å². The van der Waals surface area contributed by atoms with Crippen molar-refractivity contribution in [1.82, 2.24) is 4.90 Å². The van der Waals surface area contributed by atoms with Crippen LogP contribution < -0.4 is 0 Å². The second-order valence-electron chi connectivity index (χ2n) is 4.62. The number of amidine groups is 1. The number of unbranched alkanes of at least 4 members (excludes halogenated alkanes) is 1. The minimum absolute atomic E-state index is 0.148. The van der Waals surface area contributed by atoms with E-state index in [1.54, 1.807) is 4.90 Å². The zero-order valence-electron chi connectivity index (χ0n) is 10.8. The summed E-state index contributed by atoms with van der Waals surface area (Å²) in [5.41, 5.74) is 1.40. The molecule has 92 valence electrons. The van der Waals surface area contributed by atoms with Crippen molar-refractivity contribution in [2.45, 2.75) is 51.6 Å². The highest BCUT2D eigenvalue weighted by atomic mass is 16.5. The molecule has 1 fully saturated rings. The number of ether oxygens (including phenoxy) is 1. The van der Waals surface area contributed by atoms with E-state index in [2.05, 4.69) is 13.0 Å². The van der Waals surface area contributed by atoms with Crippen LogP contribution in [0.3, 0.4) is 0 Å².